The summed E-state index contributed by atoms with van der Waals surface area (Å²) in [6, 6.07) is 0. The number of esters is 2. The fourth-order valence-corrected chi connectivity index (χ4v) is 7.95. The molecular formula is C47H86O12S. The van der Waals surface area contributed by atoms with Crippen LogP contribution in [0.3, 0.4) is 0 Å². The van der Waals surface area contributed by atoms with E-state index in [1.54, 1.807) is 0 Å². The molecule has 0 saturated carbocycles. The summed E-state index contributed by atoms with van der Waals surface area (Å²) in [5.41, 5.74) is 0. The molecule has 1 rings (SSSR count). The standard InChI is InChI=1S/C47H86O12S/c1-3-5-7-9-11-13-15-17-19-20-22-23-25-27-29-31-33-35-42(48)56-37-40(38-57-47-46(52)45(51)44(50)41(59-47)39-60(53,54)55)58-43(49)36-34-32-30-28-26-24-21-18-16-14-12-10-8-6-4-2/h17-19,21,40-41,44-47,50-52H,3-16,20,22-39H2,1-2H3,(H,53,54,55)/b19-17+,21-18+/t40-,41-,44-,45?,46?,47+/m1/s1. The molecule has 1 saturated heterocycles. The van der Waals surface area contributed by atoms with Crippen molar-refractivity contribution in [2.75, 3.05) is 19.0 Å². The monoisotopic (exact) mass is 875 g/mol. The van der Waals surface area contributed by atoms with Gasteiger partial charge in [-0.05, 0) is 64.2 Å². The lowest BCUT2D eigenvalue weighted by Crippen LogP contribution is -2.60. The Labute approximate surface area is 364 Å². The zero-order valence-corrected chi connectivity index (χ0v) is 38.4. The van der Waals surface area contributed by atoms with E-state index in [4.69, 9.17) is 18.9 Å². The van der Waals surface area contributed by atoms with Crippen molar-refractivity contribution in [2.45, 2.75) is 243 Å². The Morgan fingerprint density at radius 1 is 0.550 bits per heavy atom. The largest absolute Gasteiger partial charge is 0.462 e. The molecule has 1 fully saturated rings. The Hall–Kier alpha value is -1.87. The SMILES string of the molecule is CCCCCCCC/C=C/CCCCCCCCCC(=O)OC[C@H](CO[C@H]1O[C@H](CS(=O)(=O)O)[C@@H](O)C(O)C1O)OC(=O)CCCCCCC/C=C/CCCCCCCC. The Morgan fingerprint density at radius 3 is 1.38 bits per heavy atom. The van der Waals surface area contributed by atoms with E-state index in [0.717, 1.165) is 64.2 Å². The second-order valence-corrected chi connectivity index (χ2v) is 18.3. The minimum Gasteiger partial charge on any atom is -0.462 e. The van der Waals surface area contributed by atoms with Crippen molar-refractivity contribution in [3.8, 4) is 0 Å². The van der Waals surface area contributed by atoms with Crippen LogP contribution in [0.15, 0.2) is 24.3 Å². The van der Waals surface area contributed by atoms with Crippen LogP contribution in [0.25, 0.3) is 0 Å². The molecular weight excluding hydrogens is 789 g/mol. The average Bonchev–Trinajstić information content (AvgIpc) is 3.21. The van der Waals surface area contributed by atoms with E-state index >= 15 is 0 Å². The Balaban J connectivity index is 2.42. The predicted molar refractivity (Wildman–Crippen MR) is 238 cm³/mol. The van der Waals surface area contributed by atoms with Crippen LogP contribution in [0.5, 0.6) is 0 Å². The van der Waals surface area contributed by atoms with Gasteiger partial charge in [-0.3, -0.25) is 14.1 Å². The number of hydrogen-bond donors (Lipinski definition) is 4. The van der Waals surface area contributed by atoms with Crippen LogP contribution in [0.2, 0.25) is 0 Å². The van der Waals surface area contributed by atoms with E-state index in [0.29, 0.717) is 12.8 Å². The summed E-state index contributed by atoms with van der Waals surface area (Å²) < 4.78 is 54.1. The minimum absolute atomic E-state index is 0.155. The first-order valence-corrected chi connectivity index (χ1v) is 25.5. The summed E-state index contributed by atoms with van der Waals surface area (Å²) in [4.78, 5) is 25.4. The third-order valence-electron chi connectivity index (χ3n) is 11.0. The molecule has 0 amide bonds. The first-order valence-electron chi connectivity index (χ1n) is 23.9. The second kappa shape index (κ2) is 37.7. The van der Waals surface area contributed by atoms with E-state index in [1.807, 2.05) is 0 Å². The maximum Gasteiger partial charge on any atom is 0.306 e. The normalized spacial score (nSPS) is 20.3. The van der Waals surface area contributed by atoms with Gasteiger partial charge in [-0.25, -0.2) is 0 Å². The lowest BCUT2D eigenvalue weighted by atomic mass is 10.00. The summed E-state index contributed by atoms with van der Waals surface area (Å²) >= 11 is 0. The molecule has 60 heavy (non-hydrogen) atoms. The fraction of sp³-hybridized carbons (Fsp3) is 0.872. The van der Waals surface area contributed by atoms with E-state index in [2.05, 4.69) is 38.2 Å². The van der Waals surface area contributed by atoms with Crippen LogP contribution in [0.4, 0.5) is 0 Å². The molecule has 0 aliphatic carbocycles. The topological polar surface area (TPSA) is 186 Å². The van der Waals surface area contributed by atoms with Gasteiger partial charge in [-0.1, -0.05) is 154 Å². The molecule has 0 aromatic heterocycles. The molecule has 4 N–H and O–H groups in total. The second-order valence-electron chi connectivity index (χ2n) is 16.8. The number of ether oxygens (including phenoxy) is 4. The summed E-state index contributed by atoms with van der Waals surface area (Å²) in [6.45, 7) is 3.75. The van der Waals surface area contributed by atoms with Crippen LogP contribution in [0.1, 0.15) is 206 Å². The van der Waals surface area contributed by atoms with Crippen molar-refractivity contribution in [1.29, 1.82) is 0 Å². The summed E-state index contributed by atoms with van der Waals surface area (Å²) in [5.74, 6) is -1.99. The summed E-state index contributed by atoms with van der Waals surface area (Å²) in [5, 5.41) is 30.9. The fourth-order valence-electron chi connectivity index (χ4n) is 7.25. The van der Waals surface area contributed by atoms with Crippen molar-refractivity contribution in [3.63, 3.8) is 0 Å². The lowest BCUT2D eigenvalue weighted by molar-refractivity contribution is -0.297. The first-order chi connectivity index (χ1) is 29.0. The van der Waals surface area contributed by atoms with Gasteiger partial charge >= 0.3 is 11.9 Å². The van der Waals surface area contributed by atoms with Crippen LogP contribution in [-0.2, 0) is 38.7 Å². The maximum atomic E-state index is 12.8. The van der Waals surface area contributed by atoms with Crippen molar-refractivity contribution >= 4 is 22.1 Å². The van der Waals surface area contributed by atoms with E-state index in [1.165, 1.54) is 103 Å². The predicted octanol–water partition coefficient (Wildman–Crippen LogP) is 10.0. The van der Waals surface area contributed by atoms with Gasteiger partial charge < -0.3 is 34.3 Å². The highest BCUT2D eigenvalue weighted by atomic mass is 32.2. The number of carbonyl (C=O) groups is 2. The van der Waals surface area contributed by atoms with Crippen molar-refractivity contribution < 1.29 is 56.8 Å². The van der Waals surface area contributed by atoms with E-state index in [9.17, 15) is 37.9 Å². The molecule has 1 aliphatic heterocycles. The first kappa shape index (κ1) is 56.1. The number of carbonyl (C=O) groups excluding carboxylic acids is 2. The smallest absolute Gasteiger partial charge is 0.306 e. The highest BCUT2D eigenvalue weighted by Gasteiger charge is 2.46. The molecule has 0 radical (unpaired) electrons. The Kier molecular flexibility index (Phi) is 35.2. The number of allylic oxidation sites excluding steroid dienone is 4. The van der Waals surface area contributed by atoms with Gasteiger partial charge in [0.1, 0.15) is 36.8 Å². The number of rotatable bonds is 40. The molecule has 1 heterocycles. The van der Waals surface area contributed by atoms with Crippen molar-refractivity contribution in [2.24, 2.45) is 0 Å². The van der Waals surface area contributed by atoms with Gasteiger partial charge in [-0.2, -0.15) is 8.42 Å². The van der Waals surface area contributed by atoms with E-state index < -0.39 is 71.2 Å². The van der Waals surface area contributed by atoms with Crippen molar-refractivity contribution in [3.05, 3.63) is 24.3 Å². The maximum absolute atomic E-state index is 12.8. The highest BCUT2D eigenvalue weighted by Crippen LogP contribution is 2.24. The molecule has 0 aromatic rings. The molecule has 0 spiro atoms. The van der Waals surface area contributed by atoms with E-state index in [-0.39, 0.29) is 19.4 Å². The van der Waals surface area contributed by atoms with Crippen molar-refractivity contribution in [1.82, 2.24) is 0 Å². The number of unbranched alkanes of at least 4 members (excludes halogenated alkanes) is 24. The van der Waals surface area contributed by atoms with Crippen LogP contribution >= 0.6 is 0 Å². The quantitative estimate of drug-likeness (QED) is 0.0198. The Bertz CT molecular complexity index is 1210. The molecule has 12 nitrogen and oxygen atoms in total. The summed E-state index contributed by atoms with van der Waals surface area (Å²) in [7, 11) is -4.60. The third kappa shape index (κ3) is 31.9. The van der Waals surface area contributed by atoms with Gasteiger partial charge in [0.05, 0.1) is 6.61 Å². The number of aliphatic hydroxyl groups excluding tert-OH is 3. The molecule has 0 aromatic carbocycles. The molecule has 13 heteroatoms. The zero-order chi connectivity index (χ0) is 44.1. The summed E-state index contributed by atoms with van der Waals surface area (Å²) in [6.07, 6.45) is 32.2. The third-order valence-corrected chi connectivity index (χ3v) is 11.8. The van der Waals surface area contributed by atoms with Gasteiger partial charge in [0.2, 0.25) is 0 Å². The van der Waals surface area contributed by atoms with Gasteiger partial charge in [0.15, 0.2) is 12.4 Å². The number of hydrogen-bond acceptors (Lipinski definition) is 11. The number of aliphatic hydroxyl groups is 3. The molecule has 1 aliphatic rings. The van der Waals surface area contributed by atoms with Crippen LogP contribution in [-0.4, -0.2) is 96.0 Å². The molecule has 352 valence electrons. The highest BCUT2D eigenvalue weighted by molar-refractivity contribution is 7.85. The average molecular weight is 875 g/mol. The Morgan fingerprint density at radius 2 is 0.950 bits per heavy atom. The van der Waals surface area contributed by atoms with Gasteiger partial charge in [-0.15, -0.1) is 0 Å². The molecule has 6 atom stereocenters. The lowest BCUT2D eigenvalue weighted by Gasteiger charge is -2.40. The van der Waals surface area contributed by atoms with Gasteiger partial charge in [0.25, 0.3) is 10.1 Å². The van der Waals surface area contributed by atoms with Crippen LogP contribution in [0, 0.1) is 0 Å². The minimum atomic E-state index is -4.60. The molecule has 2 unspecified atom stereocenters. The molecule has 0 bridgehead atoms. The zero-order valence-electron chi connectivity index (χ0n) is 37.6. The van der Waals surface area contributed by atoms with Gasteiger partial charge in [0, 0.05) is 12.8 Å². The van der Waals surface area contributed by atoms with Crippen LogP contribution < -0.4 is 0 Å².